The van der Waals surface area contributed by atoms with Crippen molar-refractivity contribution >= 4 is 33.4 Å². The minimum atomic E-state index is -0.875. The minimum Gasteiger partial charge on any atom is -0.394 e. The number of carbonyl (C=O) groups excluding carboxylic acids is 1. The van der Waals surface area contributed by atoms with Crippen molar-refractivity contribution in [3.8, 4) is 5.75 Å². The number of benzene rings is 2. The molecule has 150 valence electrons. The van der Waals surface area contributed by atoms with Gasteiger partial charge in [0.1, 0.15) is 5.75 Å². The van der Waals surface area contributed by atoms with Crippen molar-refractivity contribution in [3.05, 3.63) is 63.7 Å². The van der Waals surface area contributed by atoms with Gasteiger partial charge in [0.2, 0.25) is 0 Å². The number of hydrogen-bond donors (Lipinski definition) is 0. The number of nitro groups is 1. The largest absolute Gasteiger partial charge is 0.533 e. The lowest BCUT2D eigenvalue weighted by molar-refractivity contribution is -0.384. The molecule has 9 heteroatoms. The van der Waals surface area contributed by atoms with E-state index in [0.717, 1.165) is 15.2 Å². The fourth-order valence-corrected chi connectivity index (χ4v) is 4.73. The van der Waals surface area contributed by atoms with Gasteiger partial charge in [0, 0.05) is 31.1 Å². The monoisotopic (exact) mass is 413 g/mol. The molecule has 1 aliphatic rings. The van der Waals surface area contributed by atoms with E-state index in [0.29, 0.717) is 13.1 Å². The Morgan fingerprint density at radius 3 is 2.66 bits per heavy atom. The van der Waals surface area contributed by atoms with Crippen LogP contribution in [0, 0.1) is 15.5 Å². The number of thiazole rings is 1. The molecule has 0 N–H and O–H groups in total. The average Bonchev–Trinajstić information content (AvgIpc) is 3.21. The second-order valence-corrected chi connectivity index (χ2v) is 8.64. The molecule has 0 radical (unpaired) electrons. The Labute approximate surface area is 170 Å². The molecule has 1 fully saturated rings. The molecular formula is C20H19N3O5S. The van der Waals surface area contributed by atoms with Gasteiger partial charge in [-0.15, -0.1) is 16.4 Å². The third kappa shape index (κ3) is 4.06. The summed E-state index contributed by atoms with van der Waals surface area (Å²) < 4.78 is 6.26. The van der Waals surface area contributed by atoms with Gasteiger partial charge in [-0.1, -0.05) is 26.0 Å². The molecule has 29 heavy (non-hydrogen) atoms. The zero-order chi connectivity index (χ0) is 20.6. The van der Waals surface area contributed by atoms with Crippen molar-refractivity contribution in [3.63, 3.8) is 0 Å². The molecular weight excluding hydrogens is 394 g/mol. The fourth-order valence-electron chi connectivity index (χ4n) is 3.46. The van der Waals surface area contributed by atoms with Gasteiger partial charge in [0.25, 0.3) is 5.69 Å². The lowest BCUT2D eigenvalue weighted by Gasteiger charge is -2.23. The van der Waals surface area contributed by atoms with Crippen LogP contribution < -0.4 is 4.74 Å². The summed E-state index contributed by atoms with van der Waals surface area (Å²) in [5.74, 6) is 0.300. The molecule has 0 aliphatic carbocycles. The molecule has 0 unspecified atom stereocenters. The number of carbonyl (C=O) groups is 1. The summed E-state index contributed by atoms with van der Waals surface area (Å²) in [5.41, 5.74) is 0.757. The number of rotatable bonds is 4. The van der Waals surface area contributed by atoms with Crippen molar-refractivity contribution in [2.75, 3.05) is 13.1 Å². The summed E-state index contributed by atoms with van der Waals surface area (Å²) in [6, 6.07) is 13.3. The van der Waals surface area contributed by atoms with Crippen molar-refractivity contribution in [1.82, 2.24) is 10.0 Å². The number of hydrogen-bond acceptors (Lipinski definition) is 8. The molecule has 2 heterocycles. The number of para-hydroxylation sites is 1. The molecule has 1 aliphatic heterocycles. The Morgan fingerprint density at radius 2 is 1.97 bits per heavy atom. The first kappa shape index (κ1) is 19.3. The smallest absolute Gasteiger partial charge is 0.394 e. The van der Waals surface area contributed by atoms with Gasteiger partial charge in [-0.3, -0.25) is 10.1 Å². The van der Waals surface area contributed by atoms with E-state index >= 15 is 0 Å². The quantitative estimate of drug-likeness (QED) is 0.263. The van der Waals surface area contributed by atoms with E-state index in [9.17, 15) is 14.9 Å². The van der Waals surface area contributed by atoms with Crippen LogP contribution >= 0.6 is 11.3 Å². The normalized spacial score (nSPS) is 18.6. The van der Waals surface area contributed by atoms with Crippen molar-refractivity contribution < 1.29 is 19.3 Å². The summed E-state index contributed by atoms with van der Waals surface area (Å²) >= 11 is 1.66. The van der Waals surface area contributed by atoms with Crippen LogP contribution in [0.15, 0.2) is 48.5 Å². The molecule has 3 aromatic rings. The van der Waals surface area contributed by atoms with Crippen LogP contribution in [0.25, 0.3) is 10.2 Å². The number of ether oxygens (including phenoxy) is 1. The van der Waals surface area contributed by atoms with E-state index in [4.69, 9.17) is 14.6 Å². The first-order valence-electron chi connectivity index (χ1n) is 9.06. The zero-order valence-corrected chi connectivity index (χ0v) is 16.7. The Bertz CT molecular complexity index is 1030. The first-order chi connectivity index (χ1) is 13.8. The lowest BCUT2D eigenvalue weighted by Crippen LogP contribution is -2.28. The fraction of sp³-hybridized carbons (Fsp3) is 0.300. The second kappa shape index (κ2) is 7.41. The summed E-state index contributed by atoms with van der Waals surface area (Å²) in [6.07, 6.45) is -0.875. The standard InChI is InChI=1S/C20H19N3O5S/c1-20(2)12-22(11-15(20)18-21-16-5-3-4-6-17(16)29-18)28-19(24)27-14-9-7-13(8-10-14)23(25)26/h3-10,15H,11-12H2,1-2H3/t15-/m0/s1. The molecule has 4 rings (SSSR count). The Balaban J connectivity index is 1.42. The lowest BCUT2D eigenvalue weighted by atomic mass is 9.82. The van der Waals surface area contributed by atoms with E-state index in [1.807, 2.05) is 24.3 Å². The minimum absolute atomic E-state index is 0.0781. The first-order valence-corrected chi connectivity index (χ1v) is 9.88. The molecule has 8 nitrogen and oxygen atoms in total. The van der Waals surface area contributed by atoms with Crippen molar-refractivity contribution in [2.24, 2.45) is 5.41 Å². The number of nitrogens with zero attached hydrogens (tertiary/aromatic N) is 3. The van der Waals surface area contributed by atoms with Crippen LogP contribution in [0.5, 0.6) is 5.75 Å². The third-order valence-electron chi connectivity index (χ3n) is 4.97. The second-order valence-electron chi connectivity index (χ2n) is 7.58. The maximum absolute atomic E-state index is 12.1. The SMILES string of the molecule is CC1(C)CN(OC(=O)Oc2ccc([N+](=O)[O-])cc2)C[C@H]1c1nc2ccccc2s1. The predicted molar refractivity (Wildman–Crippen MR) is 108 cm³/mol. The summed E-state index contributed by atoms with van der Waals surface area (Å²) in [5, 5.41) is 13.3. The van der Waals surface area contributed by atoms with Crippen LogP contribution in [-0.2, 0) is 4.84 Å². The molecule has 0 bridgehead atoms. The van der Waals surface area contributed by atoms with Gasteiger partial charge in [-0.2, -0.15) is 0 Å². The summed E-state index contributed by atoms with van der Waals surface area (Å²) in [4.78, 5) is 32.5. The van der Waals surface area contributed by atoms with Gasteiger partial charge >= 0.3 is 6.16 Å². The summed E-state index contributed by atoms with van der Waals surface area (Å²) in [7, 11) is 0. The Kier molecular flexibility index (Phi) is 4.93. The topological polar surface area (TPSA) is 94.8 Å². The zero-order valence-electron chi connectivity index (χ0n) is 15.9. The highest BCUT2D eigenvalue weighted by molar-refractivity contribution is 7.18. The molecule has 0 spiro atoms. The van der Waals surface area contributed by atoms with Crippen LogP contribution in [0.3, 0.4) is 0 Å². The van der Waals surface area contributed by atoms with E-state index in [2.05, 4.69) is 13.8 Å². The van der Waals surface area contributed by atoms with E-state index in [-0.39, 0.29) is 22.8 Å². The number of fused-ring (bicyclic) bond motifs is 1. The molecule has 1 aromatic heterocycles. The van der Waals surface area contributed by atoms with E-state index in [1.165, 1.54) is 24.3 Å². The van der Waals surface area contributed by atoms with Gasteiger partial charge in [-0.05, 0) is 29.7 Å². The van der Waals surface area contributed by atoms with Gasteiger partial charge in [0.05, 0.1) is 20.1 Å². The number of aromatic nitrogens is 1. The van der Waals surface area contributed by atoms with Gasteiger partial charge in [0.15, 0.2) is 0 Å². The highest BCUT2D eigenvalue weighted by Crippen LogP contribution is 2.44. The maximum atomic E-state index is 12.1. The number of nitro benzene ring substituents is 1. The van der Waals surface area contributed by atoms with Gasteiger partial charge < -0.3 is 9.57 Å². The van der Waals surface area contributed by atoms with Gasteiger partial charge in [-0.25, -0.2) is 9.78 Å². The molecule has 0 amide bonds. The molecule has 2 aromatic carbocycles. The number of non-ortho nitro benzene ring substituents is 1. The predicted octanol–water partition coefficient (Wildman–Crippen LogP) is 4.76. The highest BCUT2D eigenvalue weighted by atomic mass is 32.1. The van der Waals surface area contributed by atoms with Crippen molar-refractivity contribution in [2.45, 2.75) is 19.8 Å². The number of hydroxylamine groups is 2. The summed E-state index contributed by atoms with van der Waals surface area (Å²) in [6.45, 7) is 5.30. The highest BCUT2D eigenvalue weighted by Gasteiger charge is 2.44. The van der Waals surface area contributed by atoms with Crippen LogP contribution in [0.2, 0.25) is 0 Å². The van der Waals surface area contributed by atoms with E-state index < -0.39 is 11.1 Å². The van der Waals surface area contributed by atoms with Crippen LogP contribution in [0.4, 0.5) is 10.5 Å². The molecule has 1 saturated heterocycles. The molecule has 1 atom stereocenters. The third-order valence-corrected chi connectivity index (χ3v) is 6.12. The maximum Gasteiger partial charge on any atom is 0.533 e. The Hall–Kier alpha value is -3.04. The van der Waals surface area contributed by atoms with E-state index in [1.54, 1.807) is 16.4 Å². The van der Waals surface area contributed by atoms with Crippen molar-refractivity contribution in [1.29, 1.82) is 0 Å². The van der Waals surface area contributed by atoms with Crippen LogP contribution in [0.1, 0.15) is 24.8 Å². The Morgan fingerprint density at radius 1 is 1.24 bits per heavy atom. The average molecular weight is 413 g/mol. The molecule has 0 saturated carbocycles. The van der Waals surface area contributed by atoms with Crippen LogP contribution in [-0.4, -0.2) is 34.2 Å².